The first-order valence-corrected chi connectivity index (χ1v) is 12.9. The lowest BCUT2D eigenvalue weighted by atomic mass is 10.2. The molecule has 2 rings (SSSR count). The molecule has 188 valence electrons. The van der Waals surface area contributed by atoms with Gasteiger partial charge in [-0.2, -0.15) is 8.42 Å². The van der Waals surface area contributed by atoms with Crippen molar-refractivity contribution in [1.82, 2.24) is 4.90 Å². The summed E-state index contributed by atoms with van der Waals surface area (Å²) in [6.45, 7) is 7.95. The van der Waals surface area contributed by atoms with E-state index < -0.39 is 22.1 Å². The van der Waals surface area contributed by atoms with Crippen LogP contribution in [0.4, 0.5) is 0 Å². The smallest absolute Gasteiger partial charge is 0.432 e. The van der Waals surface area contributed by atoms with Crippen LogP contribution < -0.4 is 4.74 Å². The summed E-state index contributed by atoms with van der Waals surface area (Å²) in [7, 11) is -4.47. The Labute approximate surface area is 202 Å². The van der Waals surface area contributed by atoms with Crippen molar-refractivity contribution >= 4 is 22.1 Å². The van der Waals surface area contributed by atoms with E-state index in [1.807, 2.05) is 36.4 Å². The van der Waals surface area contributed by atoms with Crippen LogP contribution in [0.15, 0.2) is 65.6 Å². The van der Waals surface area contributed by atoms with E-state index in [9.17, 15) is 18.0 Å². The number of hydrogen-bond acceptors (Lipinski definition) is 7. The number of carbonyl (C=O) groups excluding carboxylic acids is 1. The van der Waals surface area contributed by atoms with Crippen LogP contribution in [0, 0.1) is 0 Å². The highest BCUT2D eigenvalue weighted by Crippen LogP contribution is 2.18. The van der Waals surface area contributed by atoms with Crippen LogP contribution in [0.5, 0.6) is 5.75 Å². The third kappa shape index (κ3) is 12.4. The predicted octanol–water partition coefficient (Wildman–Crippen LogP) is 4.36. The normalized spacial score (nSPS) is 10.8. The maximum atomic E-state index is 11.8. The van der Waals surface area contributed by atoms with Crippen molar-refractivity contribution < 1.29 is 32.0 Å². The number of carboxylic acid groups (broad SMARTS) is 1. The average molecular weight is 494 g/mol. The molecule has 0 aromatic heterocycles. The van der Waals surface area contributed by atoms with Gasteiger partial charge in [-0.1, -0.05) is 63.1 Å². The molecule has 9 heteroatoms. The fourth-order valence-electron chi connectivity index (χ4n) is 2.85. The largest absolute Gasteiger partial charge is 0.494 e. The Bertz CT molecular complexity index is 897. The zero-order valence-electron chi connectivity index (χ0n) is 19.9. The van der Waals surface area contributed by atoms with E-state index in [1.54, 1.807) is 0 Å². The van der Waals surface area contributed by atoms with Crippen molar-refractivity contribution in [3.8, 4) is 5.75 Å². The Hall–Kier alpha value is -2.91. The molecule has 0 fully saturated rings. The van der Waals surface area contributed by atoms with E-state index in [-0.39, 0.29) is 4.90 Å². The zero-order chi connectivity index (χ0) is 25.2. The van der Waals surface area contributed by atoms with Gasteiger partial charge in [-0.3, -0.25) is 0 Å². The van der Waals surface area contributed by atoms with Crippen LogP contribution in [0.1, 0.15) is 46.0 Å². The Morgan fingerprint density at radius 2 is 1.29 bits per heavy atom. The van der Waals surface area contributed by atoms with Gasteiger partial charge < -0.3 is 18.9 Å². The van der Waals surface area contributed by atoms with E-state index in [4.69, 9.17) is 9.84 Å². The van der Waals surface area contributed by atoms with Gasteiger partial charge in [0.2, 0.25) is 0 Å². The first-order chi connectivity index (χ1) is 16.3. The van der Waals surface area contributed by atoms with Gasteiger partial charge in [0.15, 0.2) is 0 Å². The van der Waals surface area contributed by atoms with Gasteiger partial charge in [0.1, 0.15) is 10.6 Å². The van der Waals surface area contributed by atoms with Gasteiger partial charge in [0.25, 0.3) is 0 Å². The Balaban J connectivity index is 0.000000830. The number of carboxylic acids is 1. The molecule has 34 heavy (non-hydrogen) atoms. The van der Waals surface area contributed by atoms with Gasteiger partial charge in [-0.05, 0) is 56.6 Å². The number of ether oxygens (including phenoxy) is 1. The standard InChI is InChI=1S/C19H29NO7S.C6H6/c1-3-5-12-20(13-6-4-2)14-7-15-26-16-8-10-17(11-9-16)28(24,25)27-19(23)18(21)22;1-2-4-6-5-3-1/h8-11H,3-7,12-15H2,1-2H3,(H,21,22);1-6H. The first kappa shape index (κ1) is 29.1. The molecule has 0 unspecified atom stereocenters. The lowest BCUT2D eigenvalue weighted by Crippen LogP contribution is -2.28. The van der Waals surface area contributed by atoms with Crippen LogP contribution in [-0.4, -0.2) is 56.6 Å². The minimum absolute atomic E-state index is 0.320. The van der Waals surface area contributed by atoms with Crippen LogP contribution in [0.3, 0.4) is 0 Å². The molecule has 0 saturated heterocycles. The summed E-state index contributed by atoms with van der Waals surface area (Å²) < 4.78 is 33.3. The molecule has 0 amide bonds. The van der Waals surface area contributed by atoms with Crippen molar-refractivity contribution in [2.45, 2.75) is 50.8 Å². The second-order valence-corrected chi connectivity index (χ2v) is 9.05. The molecule has 2 aromatic carbocycles. The monoisotopic (exact) mass is 493 g/mol. The van der Waals surface area contributed by atoms with Crippen molar-refractivity contribution in [3.63, 3.8) is 0 Å². The molecule has 0 atom stereocenters. The number of rotatable bonds is 13. The van der Waals surface area contributed by atoms with E-state index in [2.05, 4.69) is 22.9 Å². The molecule has 0 saturated carbocycles. The maximum Gasteiger partial charge on any atom is 0.432 e. The SMILES string of the molecule is CCCCN(CCCC)CCCOc1ccc(S(=O)(=O)OC(=O)C(=O)O)cc1.c1ccccc1. The predicted molar refractivity (Wildman–Crippen MR) is 130 cm³/mol. The molecule has 8 nitrogen and oxygen atoms in total. The van der Waals surface area contributed by atoms with E-state index in [0.29, 0.717) is 12.4 Å². The summed E-state index contributed by atoms with van der Waals surface area (Å²) in [5.74, 6) is -3.34. The third-order valence-electron chi connectivity index (χ3n) is 4.68. The fraction of sp³-hybridized carbons (Fsp3) is 0.440. The summed E-state index contributed by atoms with van der Waals surface area (Å²) in [4.78, 5) is 23.5. The molecular weight excluding hydrogens is 458 g/mol. The van der Waals surface area contributed by atoms with E-state index in [0.717, 1.165) is 38.9 Å². The molecule has 2 aromatic rings. The summed E-state index contributed by atoms with van der Waals surface area (Å²) in [6.07, 6.45) is 5.52. The molecule has 0 spiro atoms. The highest BCUT2D eigenvalue weighted by atomic mass is 32.2. The Kier molecular flexibility index (Phi) is 14.3. The molecule has 0 aliphatic heterocycles. The van der Waals surface area contributed by atoms with Crippen molar-refractivity contribution in [1.29, 1.82) is 0 Å². The van der Waals surface area contributed by atoms with Crippen molar-refractivity contribution in [2.24, 2.45) is 0 Å². The summed E-state index contributed by atoms with van der Waals surface area (Å²) >= 11 is 0. The van der Waals surface area contributed by atoms with Gasteiger partial charge >= 0.3 is 22.1 Å². The van der Waals surface area contributed by atoms with Crippen LogP contribution in [-0.2, 0) is 23.9 Å². The molecule has 0 aliphatic rings. The zero-order valence-corrected chi connectivity index (χ0v) is 20.7. The molecule has 0 heterocycles. The number of unbranched alkanes of at least 4 members (excludes halogenated alkanes) is 2. The second kappa shape index (κ2) is 16.7. The molecule has 0 aliphatic carbocycles. The molecule has 0 radical (unpaired) electrons. The molecular formula is C25H35NO7S. The van der Waals surface area contributed by atoms with E-state index >= 15 is 0 Å². The average Bonchev–Trinajstić information content (AvgIpc) is 2.84. The third-order valence-corrected chi connectivity index (χ3v) is 5.90. The lowest BCUT2D eigenvalue weighted by Gasteiger charge is -2.21. The molecule has 1 N–H and O–H groups in total. The fourth-order valence-corrected chi connectivity index (χ4v) is 3.68. The highest BCUT2D eigenvalue weighted by molar-refractivity contribution is 7.87. The van der Waals surface area contributed by atoms with Crippen LogP contribution in [0.25, 0.3) is 0 Å². The summed E-state index contributed by atoms with van der Waals surface area (Å²) in [5, 5.41) is 8.43. The number of carbonyl (C=O) groups is 2. The molecule has 0 bridgehead atoms. The van der Waals surface area contributed by atoms with E-state index in [1.165, 1.54) is 37.1 Å². The Morgan fingerprint density at radius 3 is 1.74 bits per heavy atom. The summed E-state index contributed by atoms with van der Waals surface area (Å²) in [6, 6.07) is 17.3. The quantitative estimate of drug-likeness (QED) is 0.249. The lowest BCUT2D eigenvalue weighted by molar-refractivity contribution is -0.157. The number of aliphatic carboxylic acids is 1. The minimum Gasteiger partial charge on any atom is -0.494 e. The van der Waals surface area contributed by atoms with Crippen molar-refractivity contribution in [2.75, 3.05) is 26.2 Å². The van der Waals surface area contributed by atoms with Crippen LogP contribution >= 0.6 is 0 Å². The Morgan fingerprint density at radius 1 is 0.824 bits per heavy atom. The van der Waals surface area contributed by atoms with Gasteiger partial charge in [0.05, 0.1) is 6.61 Å². The van der Waals surface area contributed by atoms with Gasteiger partial charge in [-0.25, -0.2) is 9.59 Å². The second-order valence-electron chi connectivity index (χ2n) is 7.51. The van der Waals surface area contributed by atoms with Gasteiger partial charge in [0, 0.05) is 6.54 Å². The first-order valence-electron chi connectivity index (χ1n) is 11.5. The van der Waals surface area contributed by atoms with Crippen molar-refractivity contribution in [3.05, 3.63) is 60.7 Å². The number of nitrogens with zero attached hydrogens (tertiary/aromatic N) is 1. The number of hydrogen-bond donors (Lipinski definition) is 1. The van der Waals surface area contributed by atoms with Gasteiger partial charge in [-0.15, -0.1) is 0 Å². The number of benzene rings is 2. The maximum absolute atomic E-state index is 11.8. The minimum atomic E-state index is -4.47. The highest BCUT2D eigenvalue weighted by Gasteiger charge is 2.24. The topological polar surface area (TPSA) is 110 Å². The summed E-state index contributed by atoms with van der Waals surface area (Å²) in [5.41, 5.74) is 0. The van der Waals surface area contributed by atoms with Crippen LogP contribution in [0.2, 0.25) is 0 Å².